The van der Waals surface area contributed by atoms with Crippen LogP contribution in [0.4, 0.5) is 0 Å². The summed E-state index contributed by atoms with van der Waals surface area (Å²) < 4.78 is 0. The van der Waals surface area contributed by atoms with E-state index in [4.69, 9.17) is 5.11 Å². The van der Waals surface area contributed by atoms with Crippen molar-refractivity contribution in [1.82, 2.24) is 15.1 Å². The molecular formula is C14H27N3O2. The molecule has 0 saturated carbocycles. The number of hydrogen-bond acceptors (Lipinski definition) is 4. The summed E-state index contributed by atoms with van der Waals surface area (Å²) in [6.45, 7) is 7.41. The van der Waals surface area contributed by atoms with E-state index in [0.717, 1.165) is 58.5 Å². The minimum absolute atomic E-state index is 0.202. The van der Waals surface area contributed by atoms with E-state index in [9.17, 15) is 4.79 Å². The summed E-state index contributed by atoms with van der Waals surface area (Å²) in [6, 6.07) is 0. The quantitative estimate of drug-likeness (QED) is 0.760. The van der Waals surface area contributed by atoms with Crippen molar-refractivity contribution in [2.45, 2.75) is 38.1 Å². The first-order chi connectivity index (χ1) is 9.15. The van der Waals surface area contributed by atoms with Crippen molar-refractivity contribution in [1.29, 1.82) is 0 Å². The Labute approximate surface area is 115 Å². The first-order valence-electron chi connectivity index (χ1n) is 7.53. The molecule has 2 aliphatic heterocycles. The number of β-amino-alcohol motifs (C(OH)–C–C–N with tert-alkyl or cyclic N) is 1. The van der Waals surface area contributed by atoms with Gasteiger partial charge in [0.25, 0.3) is 0 Å². The summed E-state index contributed by atoms with van der Waals surface area (Å²) in [4.78, 5) is 16.9. The minimum Gasteiger partial charge on any atom is -0.395 e. The zero-order valence-electron chi connectivity index (χ0n) is 12.0. The second-order valence-electron chi connectivity index (χ2n) is 5.93. The molecule has 2 heterocycles. The van der Waals surface area contributed by atoms with Crippen LogP contribution in [0.1, 0.15) is 32.6 Å². The summed E-state index contributed by atoms with van der Waals surface area (Å²) in [6.07, 6.45) is 4.26. The van der Waals surface area contributed by atoms with Gasteiger partial charge in [-0.25, -0.2) is 0 Å². The van der Waals surface area contributed by atoms with E-state index in [1.165, 1.54) is 6.42 Å². The standard InChI is InChI=1S/C14H27N3O2/c1-14(5-2-3-6-15-14)13(19)17-8-4-7-16(9-10-17)11-12-18/h15,18H,2-12H2,1H3. The second-order valence-corrected chi connectivity index (χ2v) is 5.93. The third-order valence-corrected chi connectivity index (χ3v) is 4.38. The highest BCUT2D eigenvalue weighted by Crippen LogP contribution is 2.22. The van der Waals surface area contributed by atoms with Crippen LogP contribution in [-0.4, -0.2) is 72.2 Å². The minimum atomic E-state index is -0.357. The number of piperidine rings is 1. The molecule has 5 nitrogen and oxygen atoms in total. The average Bonchev–Trinajstić information content (AvgIpc) is 2.65. The third kappa shape index (κ3) is 3.68. The molecule has 0 aromatic carbocycles. The third-order valence-electron chi connectivity index (χ3n) is 4.38. The summed E-state index contributed by atoms with van der Waals surface area (Å²) in [5.41, 5.74) is -0.357. The fourth-order valence-electron chi connectivity index (χ4n) is 3.13. The molecule has 19 heavy (non-hydrogen) atoms. The van der Waals surface area contributed by atoms with Gasteiger partial charge >= 0.3 is 0 Å². The maximum atomic E-state index is 12.7. The first kappa shape index (κ1) is 14.8. The van der Waals surface area contributed by atoms with Crippen molar-refractivity contribution in [3.63, 3.8) is 0 Å². The Morgan fingerprint density at radius 3 is 2.74 bits per heavy atom. The molecule has 2 aliphatic rings. The smallest absolute Gasteiger partial charge is 0.242 e. The van der Waals surface area contributed by atoms with Gasteiger partial charge in [0.05, 0.1) is 12.1 Å². The summed E-state index contributed by atoms with van der Waals surface area (Å²) in [5, 5.41) is 12.4. The van der Waals surface area contributed by atoms with Gasteiger partial charge in [-0.15, -0.1) is 0 Å². The highest BCUT2D eigenvalue weighted by Gasteiger charge is 2.37. The molecule has 2 rings (SSSR count). The SMILES string of the molecule is CC1(C(=O)N2CCCN(CCO)CC2)CCCCN1. The lowest BCUT2D eigenvalue weighted by Gasteiger charge is -2.37. The molecule has 0 radical (unpaired) electrons. The monoisotopic (exact) mass is 269 g/mol. The summed E-state index contributed by atoms with van der Waals surface area (Å²) >= 11 is 0. The van der Waals surface area contributed by atoms with E-state index in [0.29, 0.717) is 0 Å². The van der Waals surface area contributed by atoms with Crippen LogP contribution >= 0.6 is 0 Å². The van der Waals surface area contributed by atoms with Crippen molar-refractivity contribution in [2.75, 3.05) is 45.9 Å². The van der Waals surface area contributed by atoms with E-state index in [1.807, 2.05) is 11.8 Å². The lowest BCUT2D eigenvalue weighted by molar-refractivity contribution is -0.138. The normalized spacial score (nSPS) is 30.1. The van der Waals surface area contributed by atoms with Gasteiger partial charge in [-0.2, -0.15) is 0 Å². The van der Waals surface area contributed by atoms with Gasteiger partial charge in [-0.3, -0.25) is 9.69 Å². The number of rotatable bonds is 3. The predicted octanol–water partition coefficient (Wildman–Crippen LogP) is 0.0452. The number of amides is 1. The summed E-state index contributed by atoms with van der Waals surface area (Å²) in [5.74, 6) is 0.262. The molecule has 0 aromatic heterocycles. The number of carbonyl (C=O) groups is 1. The Bertz CT molecular complexity index is 303. The van der Waals surface area contributed by atoms with Gasteiger partial charge < -0.3 is 15.3 Å². The Hall–Kier alpha value is -0.650. The van der Waals surface area contributed by atoms with Crippen LogP contribution < -0.4 is 5.32 Å². The first-order valence-corrected chi connectivity index (χ1v) is 7.53. The highest BCUT2D eigenvalue weighted by atomic mass is 16.3. The van der Waals surface area contributed by atoms with E-state index in [1.54, 1.807) is 0 Å². The van der Waals surface area contributed by atoms with Crippen molar-refractivity contribution >= 4 is 5.91 Å². The number of nitrogens with one attached hydrogen (secondary N) is 1. The lowest BCUT2D eigenvalue weighted by Crippen LogP contribution is -2.58. The molecule has 0 spiro atoms. The van der Waals surface area contributed by atoms with Gasteiger partial charge in [-0.05, 0) is 45.7 Å². The zero-order chi connectivity index (χ0) is 13.7. The van der Waals surface area contributed by atoms with Crippen LogP contribution in [0.25, 0.3) is 0 Å². The Balaban J connectivity index is 1.92. The predicted molar refractivity (Wildman–Crippen MR) is 75.0 cm³/mol. The van der Waals surface area contributed by atoms with Crippen LogP contribution in [-0.2, 0) is 4.79 Å². The van der Waals surface area contributed by atoms with Crippen LogP contribution in [0.2, 0.25) is 0 Å². The number of aliphatic hydroxyl groups is 1. The molecule has 110 valence electrons. The lowest BCUT2D eigenvalue weighted by atomic mass is 9.89. The maximum absolute atomic E-state index is 12.7. The Kier molecular flexibility index (Phi) is 5.19. The van der Waals surface area contributed by atoms with Crippen LogP contribution in [0, 0.1) is 0 Å². The number of nitrogens with zero attached hydrogens (tertiary/aromatic N) is 2. The average molecular weight is 269 g/mol. The zero-order valence-corrected chi connectivity index (χ0v) is 12.0. The van der Waals surface area contributed by atoms with E-state index in [2.05, 4.69) is 10.2 Å². The number of aliphatic hydroxyl groups excluding tert-OH is 1. The molecule has 5 heteroatoms. The second kappa shape index (κ2) is 6.68. The van der Waals surface area contributed by atoms with E-state index in [-0.39, 0.29) is 18.1 Å². The number of carbonyl (C=O) groups excluding carboxylic acids is 1. The van der Waals surface area contributed by atoms with Crippen LogP contribution in [0.5, 0.6) is 0 Å². The highest BCUT2D eigenvalue weighted by molar-refractivity contribution is 5.86. The van der Waals surface area contributed by atoms with Crippen molar-refractivity contribution < 1.29 is 9.90 Å². The molecule has 2 fully saturated rings. The molecule has 0 bridgehead atoms. The molecule has 0 aliphatic carbocycles. The molecule has 2 N–H and O–H groups in total. The van der Waals surface area contributed by atoms with Gasteiger partial charge in [0.2, 0.25) is 5.91 Å². The van der Waals surface area contributed by atoms with Gasteiger partial charge in [0, 0.05) is 26.2 Å². The van der Waals surface area contributed by atoms with Gasteiger partial charge in [-0.1, -0.05) is 0 Å². The van der Waals surface area contributed by atoms with Gasteiger partial charge in [0.1, 0.15) is 0 Å². The fraction of sp³-hybridized carbons (Fsp3) is 0.929. The number of hydrogen-bond donors (Lipinski definition) is 2. The van der Waals surface area contributed by atoms with Crippen LogP contribution in [0.3, 0.4) is 0 Å². The van der Waals surface area contributed by atoms with E-state index < -0.39 is 0 Å². The Morgan fingerprint density at radius 1 is 1.21 bits per heavy atom. The Morgan fingerprint density at radius 2 is 2.05 bits per heavy atom. The fourth-order valence-corrected chi connectivity index (χ4v) is 3.13. The van der Waals surface area contributed by atoms with Gasteiger partial charge in [0.15, 0.2) is 0 Å². The van der Waals surface area contributed by atoms with Crippen molar-refractivity contribution in [3.05, 3.63) is 0 Å². The molecule has 1 unspecified atom stereocenters. The molecule has 0 aromatic rings. The molecular weight excluding hydrogens is 242 g/mol. The largest absolute Gasteiger partial charge is 0.395 e. The van der Waals surface area contributed by atoms with Crippen molar-refractivity contribution in [2.24, 2.45) is 0 Å². The topological polar surface area (TPSA) is 55.8 Å². The maximum Gasteiger partial charge on any atom is 0.242 e. The van der Waals surface area contributed by atoms with Crippen LogP contribution in [0.15, 0.2) is 0 Å². The molecule has 1 amide bonds. The molecule has 2 saturated heterocycles. The summed E-state index contributed by atoms with van der Waals surface area (Å²) in [7, 11) is 0. The molecule has 1 atom stereocenters. The van der Waals surface area contributed by atoms with Crippen molar-refractivity contribution in [3.8, 4) is 0 Å². The van der Waals surface area contributed by atoms with E-state index >= 15 is 0 Å².